The first kappa shape index (κ1) is 14.5. The molecule has 2 aromatic rings. The van der Waals surface area contributed by atoms with Crippen LogP contribution in [0.1, 0.15) is 38.7 Å². The van der Waals surface area contributed by atoms with Crippen molar-refractivity contribution in [3.8, 4) is 11.4 Å². The maximum atomic E-state index is 5.85. The van der Waals surface area contributed by atoms with Gasteiger partial charge < -0.3 is 5.73 Å². The number of rotatable bonds is 6. The van der Waals surface area contributed by atoms with E-state index in [9.17, 15) is 0 Å². The molecule has 2 rings (SSSR count). The molecule has 1 aromatic heterocycles. The van der Waals surface area contributed by atoms with Crippen LogP contribution in [0.25, 0.3) is 11.4 Å². The Morgan fingerprint density at radius 1 is 1.25 bits per heavy atom. The number of aryl methyl sites for hydroxylation is 2. The van der Waals surface area contributed by atoms with Crippen LogP contribution in [0, 0.1) is 12.8 Å². The number of hydrogen-bond donors (Lipinski definition) is 1. The number of tetrazole rings is 1. The highest BCUT2D eigenvalue weighted by Crippen LogP contribution is 2.21. The molecule has 0 aliphatic heterocycles. The third-order valence-electron chi connectivity index (χ3n) is 3.46. The Balaban J connectivity index is 2.06. The van der Waals surface area contributed by atoms with Crippen molar-refractivity contribution in [2.45, 2.75) is 46.6 Å². The third kappa shape index (κ3) is 3.56. The van der Waals surface area contributed by atoms with Gasteiger partial charge in [-0.15, -0.1) is 5.10 Å². The lowest BCUT2D eigenvalue weighted by atomic mass is 10.1. The summed E-state index contributed by atoms with van der Waals surface area (Å²) < 4.78 is 1.88. The van der Waals surface area contributed by atoms with E-state index in [4.69, 9.17) is 5.73 Å². The summed E-state index contributed by atoms with van der Waals surface area (Å²) >= 11 is 0. The zero-order chi connectivity index (χ0) is 14.5. The molecule has 0 saturated carbocycles. The van der Waals surface area contributed by atoms with Crippen molar-refractivity contribution >= 4 is 5.69 Å². The van der Waals surface area contributed by atoms with Crippen LogP contribution in [0.15, 0.2) is 18.2 Å². The molecule has 5 nitrogen and oxygen atoms in total. The highest BCUT2D eigenvalue weighted by molar-refractivity contribution is 5.61. The molecular weight excluding hydrogens is 250 g/mol. The number of anilines is 1. The lowest BCUT2D eigenvalue weighted by Gasteiger charge is -2.07. The molecule has 0 aliphatic rings. The Morgan fingerprint density at radius 3 is 2.75 bits per heavy atom. The molecule has 108 valence electrons. The highest BCUT2D eigenvalue weighted by Gasteiger charge is 2.09. The average molecular weight is 273 g/mol. The minimum atomic E-state index is 0.753. The van der Waals surface area contributed by atoms with Gasteiger partial charge in [0.1, 0.15) is 0 Å². The molecule has 2 N–H and O–H groups in total. The fourth-order valence-electron chi connectivity index (χ4n) is 2.19. The summed E-state index contributed by atoms with van der Waals surface area (Å²) in [5.41, 5.74) is 8.72. The SMILES string of the molecule is Cc1cc(-c2nnnn2CCCCC(C)C)ccc1N. The van der Waals surface area contributed by atoms with E-state index in [1.165, 1.54) is 12.8 Å². The van der Waals surface area contributed by atoms with Gasteiger partial charge in [0, 0.05) is 17.8 Å². The molecule has 0 amide bonds. The molecular formula is C15H23N5. The fourth-order valence-corrected chi connectivity index (χ4v) is 2.19. The van der Waals surface area contributed by atoms with Crippen LogP contribution in [-0.2, 0) is 6.54 Å². The van der Waals surface area contributed by atoms with Gasteiger partial charge in [0.05, 0.1) is 0 Å². The number of nitrogens with zero attached hydrogens (tertiary/aromatic N) is 4. The van der Waals surface area contributed by atoms with Gasteiger partial charge in [-0.1, -0.05) is 26.7 Å². The molecule has 0 fully saturated rings. The van der Waals surface area contributed by atoms with Gasteiger partial charge >= 0.3 is 0 Å². The molecule has 0 atom stereocenters. The maximum Gasteiger partial charge on any atom is 0.182 e. The summed E-state index contributed by atoms with van der Waals surface area (Å²) in [5.74, 6) is 1.57. The molecule has 0 aliphatic carbocycles. The number of aromatic nitrogens is 4. The monoisotopic (exact) mass is 273 g/mol. The van der Waals surface area contributed by atoms with E-state index >= 15 is 0 Å². The van der Waals surface area contributed by atoms with Gasteiger partial charge in [-0.2, -0.15) is 0 Å². The van der Waals surface area contributed by atoms with Crippen molar-refractivity contribution in [1.82, 2.24) is 20.2 Å². The molecule has 0 radical (unpaired) electrons. The summed E-state index contributed by atoms with van der Waals surface area (Å²) in [6.45, 7) is 7.35. The van der Waals surface area contributed by atoms with Gasteiger partial charge in [-0.25, -0.2) is 4.68 Å². The van der Waals surface area contributed by atoms with E-state index in [0.717, 1.165) is 41.5 Å². The molecule has 0 unspecified atom stereocenters. The lowest BCUT2D eigenvalue weighted by Crippen LogP contribution is -2.04. The highest BCUT2D eigenvalue weighted by atomic mass is 15.5. The Bertz CT molecular complexity index is 559. The second-order valence-electron chi connectivity index (χ2n) is 5.69. The normalized spacial score (nSPS) is 11.2. The van der Waals surface area contributed by atoms with E-state index in [0.29, 0.717) is 0 Å². The van der Waals surface area contributed by atoms with Crippen LogP contribution in [0.3, 0.4) is 0 Å². The van der Waals surface area contributed by atoms with Crippen molar-refractivity contribution < 1.29 is 0 Å². The first-order valence-corrected chi connectivity index (χ1v) is 7.20. The van der Waals surface area contributed by atoms with Gasteiger partial charge in [0.25, 0.3) is 0 Å². The number of hydrogen-bond acceptors (Lipinski definition) is 4. The molecule has 1 heterocycles. The fraction of sp³-hybridized carbons (Fsp3) is 0.533. The summed E-state index contributed by atoms with van der Waals surface area (Å²) in [7, 11) is 0. The van der Waals surface area contributed by atoms with Crippen LogP contribution < -0.4 is 5.73 Å². The van der Waals surface area contributed by atoms with Gasteiger partial charge in [0.2, 0.25) is 0 Å². The first-order valence-electron chi connectivity index (χ1n) is 7.20. The standard InChI is InChI=1S/C15H23N5/c1-11(2)6-4-5-9-20-15(17-18-19-20)13-7-8-14(16)12(3)10-13/h7-8,10-11H,4-6,9,16H2,1-3H3. The van der Waals surface area contributed by atoms with E-state index in [1.807, 2.05) is 29.8 Å². The Labute approximate surface area is 120 Å². The Hall–Kier alpha value is -1.91. The number of benzene rings is 1. The molecule has 0 spiro atoms. The van der Waals surface area contributed by atoms with Crippen LogP contribution >= 0.6 is 0 Å². The van der Waals surface area contributed by atoms with Gasteiger partial charge in [-0.05, 0) is 53.5 Å². The minimum absolute atomic E-state index is 0.753. The second-order valence-corrected chi connectivity index (χ2v) is 5.69. The first-order chi connectivity index (χ1) is 9.58. The van der Waals surface area contributed by atoms with Gasteiger partial charge in [0.15, 0.2) is 5.82 Å². The van der Waals surface area contributed by atoms with Crippen molar-refractivity contribution in [2.24, 2.45) is 5.92 Å². The largest absolute Gasteiger partial charge is 0.399 e. The number of unbranched alkanes of at least 4 members (excludes halogenated alkanes) is 1. The van der Waals surface area contributed by atoms with Crippen LogP contribution in [0.5, 0.6) is 0 Å². The van der Waals surface area contributed by atoms with E-state index < -0.39 is 0 Å². The number of nitrogens with two attached hydrogens (primary N) is 1. The second kappa shape index (κ2) is 6.50. The van der Waals surface area contributed by atoms with Crippen molar-refractivity contribution in [3.05, 3.63) is 23.8 Å². The Kier molecular flexibility index (Phi) is 4.71. The molecule has 0 bridgehead atoms. The lowest BCUT2D eigenvalue weighted by molar-refractivity contribution is 0.487. The molecule has 20 heavy (non-hydrogen) atoms. The van der Waals surface area contributed by atoms with Crippen molar-refractivity contribution in [3.63, 3.8) is 0 Å². The average Bonchev–Trinajstić information content (AvgIpc) is 2.86. The predicted molar refractivity (Wildman–Crippen MR) is 81.1 cm³/mol. The van der Waals surface area contributed by atoms with E-state index in [-0.39, 0.29) is 0 Å². The predicted octanol–water partition coefficient (Wildman–Crippen LogP) is 3.06. The summed E-state index contributed by atoms with van der Waals surface area (Å²) in [5, 5.41) is 12.0. The van der Waals surface area contributed by atoms with Crippen LogP contribution in [0.2, 0.25) is 0 Å². The van der Waals surface area contributed by atoms with E-state index in [1.54, 1.807) is 0 Å². The minimum Gasteiger partial charge on any atom is -0.399 e. The zero-order valence-electron chi connectivity index (χ0n) is 12.5. The molecule has 0 saturated heterocycles. The summed E-state index contributed by atoms with van der Waals surface area (Å²) in [6.07, 6.45) is 3.56. The van der Waals surface area contributed by atoms with Crippen LogP contribution in [-0.4, -0.2) is 20.2 Å². The van der Waals surface area contributed by atoms with Crippen LogP contribution in [0.4, 0.5) is 5.69 Å². The smallest absolute Gasteiger partial charge is 0.182 e. The van der Waals surface area contributed by atoms with E-state index in [2.05, 4.69) is 29.4 Å². The third-order valence-corrected chi connectivity index (χ3v) is 3.46. The topological polar surface area (TPSA) is 69.6 Å². The van der Waals surface area contributed by atoms with Gasteiger partial charge in [-0.3, -0.25) is 0 Å². The van der Waals surface area contributed by atoms with Crippen molar-refractivity contribution in [2.75, 3.05) is 5.73 Å². The number of nitrogen functional groups attached to an aromatic ring is 1. The zero-order valence-corrected chi connectivity index (χ0v) is 12.5. The summed E-state index contributed by atoms with van der Waals surface area (Å²) in [4.78, 5) is 0. The Morgan fingerprint density at radius 2 is 2.05 bits per heavy atom. The molecule has 1 aromatic carbocycles. The molecule has 5 heteroatoms. The quantitative estimate of drug-likeness (QED) is 0.648. The van der Waals surface area contributed by atoms with Crippen molar-refractivity contribution in [1.29, 1.82) is 0 Å². The summed E-state index contributed by atoms with van der Waals surface area (Å²) in [6, 6.07) is 5.91. The maximum absolute atomic E-state index is 5.85.